The van der Waals surface area contributed by atoms with Crippen LogP contribution in [0.1, 0.15) is 16.7 Å². The number of hydrogen-bond acceptors (Lipinski definition) is 8. The summed E-state index contributed by atoms with van der Waals surface area (Å²) >= 11 is 0. The van der Waals surface area contributed by atoms with Gasteiger partial charge in [-0.05, 0) is 5.56 Å². The minimum Gasteiger partial charge on any atom is -0.467 e. The van der Waals surface area contributed by atoms with E-state index in [0.29, 0.717) is 16.9 Å². The summed E-state index contributed by atoms with van der Waals surface area (Å²) in [5, 5.41) is 11.4. The summed E-state index contributed by atoms with van der Waals surface area (Å²) in [6.45, 7) is 0.460. The van der Waals surface area contributed by atoms with Gasteiger partial charge in [-0.25, -0.2) is 4.79 Å². The zero-order chi connectivity index (χ0) is 22.8. The van der Waals surface area contributed by atoms with Crippen LogP contribution in [-0.4, -0.2) is 28.3 Å². The lowest BCUT2D eigenvalue weighted by atomic mass is 10.1. The van der Waals surface area contributed by atoms with E-state index in [4.69, 9.17) is 15.2 Å². The van der Waals surface area contributed by atoms with Crippen LogP contribution in [0.25, 0.3) is 0 Å². The second-order valence-corrected chi connectivity index (χ2v) is 7.38. The molecule has 2 heterocycles. The second kappa shape index (κ2) is 8.55. The Balaban J connectivity index is 1.73. The lowest BCUT2D eigenvalue weighted by Crippen LogP contribution is -2.37. The number of nitrogen functional groups attached to an aromatic ring is 1. The summed E-state index contributed by atoms with van der Waals surface area (Å²) in [7, 11) is 1.61. The predicted molar refractivity (Wildman–Crippen MR) is 117 cm³/mol. The third-order valence-electron chi connectivity index (χ3n) is 5.17. The van der Waals surface area contributed by atoms with E-state index in [-0.39, 0.29) is 43.7 Å². The molecule has 0 aliphatic carbocycles. The second-order valence-electron chi connectivity index (χ2n) is 7.38. The maximum absolute atomic E-state index is 12.6. The first-order valence-corrected chi connectivity index (χ1v) is 9.73. The molecule has 0 unspecified atom stereocenters. The Bertz CT molecular complexity index is 1280. The van der Waals surface area contributed by atoms with Crippen LogP contribution in [0.2, 0.25) is 0 Å². The molecule has 0 spiro atoms. The van der Waals surface area contributed by atoms with Crippen molar-refractivity contribution in [2.75, 3.05) is 24.5 Å². The number of nitro groups is 1. The summed E-state index contributed by atoms with van der Waals surface area (Å²) in [6, 6.07) is 12.0. The fourth-order valence-electron chi connectivity index (χ4n) is 3.71. The normalized spacial score (nSPS) is 12.7. The summed E-state index contributed by atoms with van der Waals surface area (Å²) < 4.78 is 12.1. The molecule has 2 aromatic carbocycles. The van der Waals surface area contributed by atoms with E-state index in [1.54, 1.807) is 7.05 Å². The standard InChI is InChI=1S/C21H21N5O6/c1-24(10-14-7-16(26(29)30)8-15-11-31-12-32-18(14)15)17-19(22)25(21(28)23-20(17)27)9-13-5-3-2-4-6-13/h2-8H,9-12,22H2,1H3,(H,23,27,28). The van der Waals surface area contributed by atoms with Crippen molar-refractivity contribution in [1.29, 1.82) is 0 Å². The molecule has 0 bridgehead atoms. The maximum Gasteiger partial charge on any atom is 0.330 e. The number of nitrogens with zero attached hydrogens (tertiary/aromatic N) is 3. The summed E-state index contributed by atoms with van der Waals surface area (Å²) in [5.41, 5.74) is 6.82. The third-order valence-corrected chi connectivity index (χ3v) is 5.17. The predicted octanol–water partition coefficient (Wildman–Crippen LogP) is 1.58. The molecular formula is C21H21N5O6. The maximum atomic E-state index is 12.6. The molecule has 0 saturated carbocycles. The number of benzene rings is 2. The van der Waals surface area contributed by atoms with Crippen LogP contribution in [0.15, 0.2) is 52.1 Å². The fourth-order valence-corrected chi connectivity index (χ4v) is 3.71. The van der Waals surface area contributed by atoms with Crippen molar-refractivity contribution >= 4 is 17.2 Å². The topological polar surface area (TPSA) is 146 Å². The highest BCUT2D eigenvalue weighted by atomic mass is 16.7. The van der Waals surface area contributed by atoms with Gasteiger partial charge in [0.1, 0.15) is 17.3 Å². The molecule has 0 atom stereocenters. The molecule has 3 aromatic rings. The summed E-state index contributed by atoms with van der Waals surface area (Å²) in [6.07, 6.45) is 0. The van der Waals surface area contributed by atoms with Crippen LogP contribution in [0, 0.1) is 10.1 Å². The van der Waals surface area contributed by atoms with Crippen molar-refractivity contribution in [3.8, 4) is 5.75 Å². The van der Waals surface area contributed by atoms with Crippen LogP contribution in [0.5, 0.6) is 5.75 Å². The number of anilines is 2. The summed E-state index contributed by atoms with van der Waals surface area (Å²) in [4.78, 5) is 39.7. The number of nitro benzene ring substituents is 1. The molecule has 0 radical (unpaired) electrons. The first-order valence-electron chi connectivity index (χ1n) is 9.73. The average molecular weight is 439 g/mol. The van der Waals surface area contributed by atoms with Crippen molar-refractivity contribution in [2.24, 2.45) is 0 Å². The molecule has 166 valence electrons. The van der Waals surface area contributed by atoms with Crippen LogP contribution in [0.4, 0.5) is 17.2 Å². The van der Waals surface area contributed by atoms with E-state index in [0.717, 1.165) is 5.56 Å². The van der Waals surface area contributed by atoms with Gasteiger partial charge < -0.3 is 20.1 Å². The Kier molecular flexibility index (Phi) is 5.65. The van der Waals surface area contributed by atoms with E-state index < -0.39 is 16.2 Å². The number of rotatable bonds is 6. The molecule has 0 amide bonds. The number of non-ortho nitro benzene ring substituents is 1. The zero-order valence-electron chi connectivity index (χ0n) is 17.2. The molecule has 1 aliphatic heterocycles. The molecule has 32 heavy (non-hydrogen) atoms. The summed E-state index contributed by atoms with van der Waals surface area (Å²) in [5.74, 6) is 0.468. The number of hydrogen-bond donors (Lipinski definition) is 2. The minimum atomic E-state index is -0.650. The Morgan fingerprint density at radius 2 is 2.00 bits per heavy atom. The van der Waals surface area contributed by atoms with Crippen LogP contribution < -0.4 is 26.6 Å². The Labute approximate surface area is 181 Å². The van der Waals surface area contributed by atoms with E-state index in [9.17, 15) is 19.7 Å². The number of nitrogens with one attached hydrogen (secondary N) is 1. The van der Waals surface area contributed by atoms with E-state index in [1.807, 2.05) is 30.3 Å². The Morgan fingerprint density at radius 3 is 2.72 bits per heavy atom. The number of aromatic nitrogens is 2. The average Bonchev–Trinajstić information content (AvgIpc) is 2.77. The SMILES string of the molecule is CN(Cc1cc([N+](=O)[O-])cc2c1OCOC2)c1c(N)n(Cc2ccccc2)c(=O)[nH]c1=O. The zero-order valence-corrected chi connectivity index (χ0v) is 17.2. The van der Waals surface area contributed by atoms with Gasteiger partial charge in [-0.2, -0.15) is 0 Å². The number of H-pyrrole nitrogens is 1. The molecule has 0 saturated heterocycles. The third kappa shape index (κ3) is 4.05. The lowest BCUT2D eigenvalue weighted by Gasteiger charge is -2.25. The molecule has 1 aromatic heterocycles. The van der Waals surface area contributed by atoms with Gasteiger partial charge in [0.25, 0.3) is 11.2 Å². The number of ether oxygens (including phenoxy) is 2. The van der Waals surface area contributed by atoms with Crippen molar-refractivity contribution in [3.05, 3.63) is 90.1 Å². The highest BCUT2D eigenvalue weighted by Gasteiger charge is 2.24. The van der Waals surface area contributed by atoms with Crippen molar-refractivity contribution in [1.82, 2.24) is 9.55 Å². The van der Waals surface area contributed by atoms with Gasteiger partial charge in [-0.1, -0.05) is 30.3 Å². The van der Waals surface area contributed by atoms with Gasteiger partial charge in [0.05, 0.1) is 18.1 Å². The van der Waals surface area contributed by atoms with E-state index in [1.165, 1.54) is 21.6 Å². The molecular weight excluding hydrogens is 418 g/mol. The van der Waals surface area contributed by atoms with Gasteiger partial charge in [0, 0.05) is 36.9 Å². The first-order chi connectivity index (χ1) is 15.3. The van der Waals surface area contributed by atoms with Gasteiger partial charge in [0.15, 0.2) is 6.79 Å². The van der Waals surface area contributed by atoms with Gasteiger partial charge in [0.2, 0.25) is 0 Å². The fraction of sp³-hybridized carbons (Fsp3) is 0.238. The lowest BCUT2D eigenvalue weighted by molar-refractivity contribution is -0.385. The number of fused-ring (bicyclic) bond motifs is 1. The number of aromatic amines is 1. The molecule has 11 nitrogen and oxygen atoms in total. The smallest absolute Gasteiger partial charge is 0.330 e. The van der Waals surface area contributed by atoms with Crippen molar-refractivity contribution < 1.29 is 14.4 Å². The van der Waals surface area contributed by atoms with E-state index in [2.05, 4.69) is 4.98 Å². The minimum absolute atomic E-state index is 0.00588. The molecule has 3 N–H and O–H groups in total. The van der Waals surface area contributed by atoms with Gasteiger partial charge in [-0.15, -0.1) is 0 Å². The number of nitrogens with two attached hydrogens (primary N) is 1. The quantitative estimate of drug-likeness (QED) is 0.435. The Hall–Kier alpha value is -4.12. The Morgan fingerprint density at radius 1 is 1.25 bits per heavy atom. The highest BCUT2D eigenvalue weighted by molar-refractivity contribution is 5.63. The van der Waals surface area contributed by atoms with Crippen molar-refractivity contribution in [2.45, 2.75) is 19.7 Å². The first kappa shape index (κ1) is 21.1. The largest absolute Gasteiger partial charge is 0.467 e. The van der Waals surface area contributed by atoms with Crippen LogP contribution in [-0.2, 0) is 24.4 Å². The van der Waals surface area contributed by atoms with E-state index >= 15 is 0 Å². The monoisotopic (exact) mass is 439 g/mol. The van der Waals surface area contributed by atoms with Crippen LogP contribution >= 0.6 is 0 Å². The molecule has 11 heteroatoms. The van der Waals surface area contributed by atoms with Crippen molar-refractivity contribution in [3.63, 3.8) is 0 Å². The van der Waals surface area contributed by atoms with Gasteiger partial charge >= 0.3 is 5.69 Å². The molecule has 0 fully saturated rings. The van der Waals surface area contributed by atoms with Crippen LogP contribution in [0.3, 0.4) is 0 Å². The molecule has 4 rings (SSSR count). The molecule has 1 aliphatic rings. The van der Waals surface area contributed by atoms with Gasteiger partial charge in [-0.3, -0.25) is 24.5 Å². The highest BCUT2D eigenvalue weighted by Crippen LogP contribution is 2.34.